The molecule has 0 saturated heterocycles. The highest BCUT2D eigenvalue weighted by molar-refractivity contribution is 6.08. The molecule has 0 amide bonds. The number of aromatic amines is 1. The first kappa shape index (κ1) is 9.51. The fraction of sp³-hybridized carbons (Fsp3) is 0.100. The molecule has 76 valence electrons. The lowest BCUT2D eigenvalue weighted by atomic mass is 10.0. The molecule has 2 rings (SSSR count). The summed E-state index contributed by atoms with van der Waals surface area (Å²) in [6.07, 6.45) is 1.31. The van der Waals surface area contributed by atoms with E-state index in [1.54, 1.807) is 13.0 Å². The third-order valence-corrected chi connectivity index (χ3v) is 2.09. The molecule has 1 aromatic heterocycles. The van der Waals surface area contributed by atoms with Gasteiger partial charge in [0.15, 0.2) is 5.69 Å². The number of hydrogen-bond acceptors (Lipinski definition) is 3. The van der Waals surface area contributed by atoms with Crippen LogP contribution in [0.1, 0.15) is 21.6 Å². The van der Waals surface area contributed by atoms with Crippen molar-refractivity contribution in [3.63, 3.8) is 0 Å². The van der Waals surface area contributed by atoms with Crippen molar-refractivity contribution in [3.05, 3.63) is 47.0 Å². The van der Waals surface area contributed by atoms with Crippen molar-refractivity contribution in [2.75, 3.05) is 0 Å². The predicted octanol–water partition coefficient (Wildman–Crippen LogP) is 1.48. The van der Waals surface area contributed by atoms with Crippen LogP contribution in [0.3, 0.4) is 0 Å². The third kappa shape index (κ3) is 1.76. The maximum Gasteiger partial charge on any atom is 0.215 e. The van der Waals surface area contributed by atoms with Gasteiger partial charge in [-0.25, -0.2) is 4.39 Å². The Morgan fingerprint density at radius 3 is 2.93 bits per heavy atom. The van der Waals surface area contributed by atoms with Gasteiger partial charge in [0.05, 0.1) is 6.20 Å². The lowest BCUT2D eigenvalue weighted by molar-refractivity contribution is 0.103. The second-order valence-electron chi connectivity index (χ2n) is 3.14. The molecule has 0 aliphatic rings. The van der Waals surface area contributed by atoms with Gasteiger partial charge in [-0.05, 0) is 24.6 Å². The average molecular weight is 205 g/mol. The fourth-order valence-electron chi connectivity index (χ4n) is 1.29. The van der Waals surface area contributed by atoms with Crippen LogP contribution in [0.2, 0.25) is 0 Å². The van der Waals surface area contributed by atoms with Gasteiger partial charge in [-0.2, -0.15) is 15.4 Å². The molecule has 0 radical (unpaired) electrons. The van der Waals surface area contributed by atoms with Gasteiger partial charge in [0.1, 0.15) is 5.82 Å². The minimum Gasteiger partial charge on any atom is -0.287 e. The van der Waals surface area contributed by atoms with Gasteiger partial charge < -0.3 is 0 Å². The van der Waals surface area contributed by atoms with Crippen LogP contribution in [-0.4, -0.2) is 21.2 Å². The number of nitrogens with one attached hydrogen (secondary N) is 1. The highest BCUT2D eigenvalue weighted by Crippen LogP contribution is 2.13. The summed E-state index contributed by atoms with van der Waals surface area (Å²) in [5, 5.41) is 9.53. The van der Waals surface area contributed by atoms with Crippen LogP contribution in [-0.2, 0) is 0 Å². The van der Waals surface area contributed by atoms with Crippen molar-refractivity contribution in [3.8, 4) is 0 Å². The first-order valence-corrected chi connectivity index (χ1v) is 4.35. The van der Waals surface area contributed by atoms with Gasteiger partial charge >= 0.3 is 0 Å². The summed E-state index contributed by atoms with van der Waals surface area (Å²) >= 11 is 0. The third-order valence-electron chi connectivity index (χ3n) is 2.09. The van der Waals surface area contributed by atoms with Gasteiger partial charge in [0.2, 0.25) is 5.78 Å². The summed E-state index contributed by atoms with van der Waals surface area (Å²) in [6, 6.07) is 4.07. The molecule has 2 aromatic rings. The normalized spacial score (nSPS) is 10.3. The maximum absolute atomic E-state index is 13.0. The molecule has 0 bridgehead atoms. The standard InChI is InChI=1S/C10H8FN3O/c1-6-2-3-7(11)4-8(6)10(15)9-5-12-14-13-9/h2-5H,1H3,(H,12,13,14). The lowest BCUT2D eigenvalue weighted by Crippen LogP contribution is -2.04. The van der Waals surface area contributed by atoms with Crippen molar-refractivity contribution in [2.45, 2.75) is 6.92 Å². The zero-order chi connectivity index (χ0) is 10.8. The molecule has 0 spiro atoms. The number of aromatic nitrogens is 3. The summed E-state index contributed by atoms with van der Waals surface area (Å²) < 4.78 is 13.0. The van der Waals surface area contributed by atoms with Crippen LogP contribution >= 0.6 is 0 Å². The van der Waals surface area contributed by atoms with Crippen molar-refractivity contribution in [1.82, 2.24) is 15.4 Å². The Morgan fingerprint density at radius 2 is 2.27 bits per heavy atom. The summed E-state index contributed by atoms with van der Waals surface area (Å²) in [5.74, 6) is -0.770. The van der Waals surface area contributed by atoms with E-state index < -0.39 is 5.82 Å². The molecule has 0 aliphatic carbocycles. The number of halogens is 1. The van der Waals surface area contributed by atoms with Crippen molar-refractivity contribution in [2.24, 2.45) is 0 Å². The van der Waals surface area contributed by atoms with Gasteiger partial charge in [0.25, 0.3) is 0 Å². The molecule has 1 heterocycles. The molecule has 0 saturated carbocycles. The summed E-state index contributed by atoms with van der Waals surface area (Å²) in [4.78, 5) is 11.8. The molecule has 4 nitrogen and oxygen atoms in total. The number of nitrogens with zero attached hydrogens (tertiary/aromatic N) is 2. The molecule has 15 heavy (non-hydrogen) atoms. The Bertz CT molecular complexity index is 493. The van der Waals surface area contributed by atoms with E-state index in [-0.39, 0.29) is 11.5 Å². The Kier molecular flexibility index (Phi) is 2.29. The van der Waals surface area contributed by atoms with Crippen molar-refractivity contribution in [1.29, 1.82) is 0 Å². The Hall–Kier alpha value is -2.04. The Labute approximate surface area is 85.1 Å². The van der Waals surface area contributed by atoms with Crippen LogP contribution in [0.5, 0.6) is 0 Å². The Balaban J connectivity index is 2.46. The van der Waals surface area contributed by atoms with Crippen molar-refractivity contribution < 1.29 is 9.18 Å². The fourth-order valence-corrected chi connectivity index (χ4v) is 1.29. The summed E-state index contributed by atoms with van der Waals surface area (Å²) in [6.45, 7) is 1.74. The highest BCUT2D eigenvalue weighted by atomic mass is 19.1. The van der Waals surface area contributed by atoms with Gasteiger partial charge in [0, 0.05) is 5.56 Å². The molecule has 5 heteroatoms. The van der Waals surface area contributed by atoms with E-state index in [1.165, 1.54) is 18.3 Å². The average Bonchev–Trinajstić information content (AvgIpc) is 2.74. The van der Waals surface area contributed by atoms with Gasteiger partial charge in [-0.1, -0.05) is 6.07 Å². The monoisotopic (exact) mass is 205 g/mol. The van der Waals surface area contributed by atoms with Gasteiger partial charge in [-0.15, -0.1) is 0 Å². The summed E-state index contributed by atoms with van der Waals surface area (Å²) in [5.41, 5.74) is 1.21. The van der Waals surface area contributed by atoms with Crippen LogP contribution in [0.25, 0.3) is 0 Å². The van der Waals surface area contributed by atoms with Crippen LogP contribution < -0.4 is 0 Å². The number of aryl methyl sites for hydroxylation is 1. The number of ketones is 1. The molecular weight excluding hydrogens is 197 g/mol. The van der Waals surface area contributed by atoms with E-state index in [1.807, 2.05) is 0 Å². The number of hydrogen-bond donors (Lipinski definition) is 1. The zero-order valence-corrected chi connectivity index (χ0v) is 7.99. The number of H-pyrrole nitrogens is 1. The van der Waals surface area contributed by atoms with E-state index in [0.717, 1.165) is 0 Å². The quantitative estimate of drug-likeness (QED) is 0.755. The topological polar surface area (TPSA) is 58.6 Å². The SMILES string of the molecule is Cc1ccc(F)cc1C(=O)c1cn[nH]n1. The second kappa shape index (κ2) is 3.61. The van der Waals surface area contributed by atoms with E-state index in [2.05, 4.69) is 15.4 Å². The molecule has 1 aromatic carbocycles. The number of rotatable bonds is 2. The first-order chi connectivity index (χ1) is 7.18. The predicted molar refractivity (Wildman–Crippen MR) is 51.0 cm³/mol. The molecule has 0 fully saturated rings. The molecule has 1 N–H and O–H groups in total. The van der Waals surface area contributed by atoms with Crippen LogP contribution in [0, 0.1) is 12.7 Å². The minimum absolute atomic E-state index is 0.184. The Morgan fingerprint density at radius 1 is 1.47 bits per heavy atom. The molecule has 0 aliphatic heterocycles. The maximum atomic E-state index is 13.0. The summed E-state index contributed by atoms with van der Waals surface area (Å²) in [7, 11) is 0. The van der Waals surface area contributed by atoms with E-state index in [9.17, 15) is 9.18 Å². The smallest absolute Gasteiger partial charge is 0.215 e. The highest BCUT2D eigenvalue weighted by Gasteiger charge is 2.14. The van der Waals surface area contributed by atoms with E-state index in [4.69, 9.17) is 0 Å². The molecule has 0 unspecified atom stereocenters. The molecular formula is C10H8FN3O. The number of carbonyl (C=O) groups excluding carboxylic acids is 1. The van der Waals surface area contributed by atoms with E-state index in [0.29, 0.717) is 11.1 Å². The number of benzene rings is 1. The van der Waals surface area contributed by atoms with Crippen LogP contribution in [0.15, 0.2) is 24.4 Å². The second-order valence-corrected chi connectivity index (χ2v) is 3.14. The molecule has 0 atom stereocenters. The zero-order valence-electron chi connectivity index (χ0n) is 7.99. The van der Waals surface area contributed by atoms with Gasteiger partial charge in [-0.3, -0.25) is 4.79 Å². The van der Waals surface area contributed by atoms with E-state index >= 15 is 0 Å². The first-order valence-electron chi connectivity index (χ1n) is 4.35. The minimum atomic E-state index is -0.438. The number of carbonyl (C=O) groups is 1. The van der Waals surface area contributed by atoms with Crippen LogP contribution in [0.4, 0.5) is 4.39 Å². The van der Waals surface area contributed by atoms with Crippen molar-refractivity contribution >= 4 is 5.78 Å². The largest absolute Gasteiger partial charge is 0.287 e. The lowest BCUT2D eigenvalue weighted by Gasteiger charge is -2.01.